The molecule has 1 aromatic carbocycles. The lowest BCUT2D eigenvalue weighted by molar-refractivity contribution is -0.146. The predicted molar refractivity (Wildman–Crippen MR) is 97.3 cm³/mol. The first-order valence-corrected chi connectivity index (χ1v) is 8.83. The minimum atomic E-state index is -2.67. The van der Waals surface area contributed by atoms with Gasteiger partial charge in [-0.3, -0.25) is 9.69 Å². The Kier molecular flexibility index (Phi) is 6.66. The third kappa shape index (κ3) is 4.51. The SMILES string of the molecule is C#CC(=O)N(c1ccc(OCC(F)F)c(Cl)c1)C1(C(=O)O)CCCC(C)C1. The van der Waals surface area contributed by atoms with Crippen LogP contribution in [0.25, 0.3) is 0 Å². The van der Waals surface area contributed by atoms with Gasteiger partial charge in [-0.15, -0.1) is 6.42 Å². The lowest BCUT2D eigenvalue weighted by Crippen LogP contribution is -2.59. The second kappa shape index (κ2) is 8.57. The maximum absolute atomic E-state index is 12.5. The highest BCUT2D eigenvalue weighted by molar-refractivity contribution is 6.32. The summed E-state index contributed by atoms with van der Waals surface area (Å²) in [6, 6.07) is 4.02. The van der Waals surface area contributed by atoms with Crippen LogP contribution in [0.5, 0.6) is 5.75 Å². The molecular formula is C19H20ClF2NO4. The summed E-state index contributed by atoms with van der Waals surface area (Å²) in [7, 11) is 0. The van der Waals surface area contributed by atoms with E-state index in [0.717, 1.165) is 11.3 Å². The average Bonchev–Trinajstić information content (AvgIpc) is 2.60. The van der Waals surface area contributed by atoms with E-state index in [1.54, 1.807) is 0 Å². The summed E-state index contributed by atoms with van der Waals surface area (Å²) in [5.74, 6) is 0.130. The number of amides is 1. The lowest BCUT2D eigenvalue weighted by Gasteiger charge is -2.44. The van der Waals surface area contributed by atoms with Crippen LogP contribution < -0.4 is 9.64 Å². The van der Waals surface area contributed by atoms with Crippen LogP contribution in [0.4, 0.5) is 14.5 Å². The molecule has 1 fully saturated rings. The standard InChI is InChI=1S/C19H20ClF2NO4/c1-3-17(24)23(19(18(25)26)8-4-5-12(2)10-19)13-6-7-15(14(20)9-13)27-11-16(21)22/h1,6-7,9,12,16H,4-5,8,10-11H2,2H3,(H,25,26). The molecule has 146 valence electrons. The van der Waals surface area contributed by atoms with Crippen LogP contribution in [0.1, 0.15) is 32.6 Å². The van der Waals surface area contributed by atoms with Crippen LogP contribution in [0, 0.1) is 18.3 Å². The highest BCUT2D eigenvalue weighted by Crippen LogP contribution is 2.41. The van der Waals surface area contributed by atoms with Crippen LogP contribution in [0.3, 0.4) is 0 Å². The van der Waals surface area contributed by atoms with Gasteiger partial charge in [0.05, 0.1) is 5.02 Å². The molecule has 5 nitrogen and oxygen atoms in total. The summed E-state index contributed by atoms with van der Waals surface area (Å²) in [4.78, 5) is 25.8. The molecule has 2 rings (SSSR count). The number of terminal acetylenes is 1. The van der Waals surface area contributed by atoms with E-state index in [-0.39, 0.29) is 35.2 Å². The summed E-state index contributed by atoms with van der Waals surface area (Å²) in [6.45, 7) is 1.09. The third-order valence-corrected chi connectivity index (χ3v) is 4.96. The third-order valence-electron chi connectivity index (χ3n) is 4.66. The van der Waals surface area contributed by atoms with Crippen LogP contribution in [-0.4, -0.2) is 35.6 Å². The van der Waals surface area contributed by atoms with Gasteiger partial charge in [0.15, 0.2) is 0 Å². The fourth-order valence-corrected chi connectivity index (χ4v) is 3.77. The molecule has 8 heteroatoms. The van der Waals surface area contributed by atoms with Gasteiger partial charge < -0.3 is 9.84 Å². The van der Waals surface area contributed by atoms with Gasteiger partial charge in [0.2, 0.25) is 0 Å². The molecule has 0 aliphatic heterocycles. The molecule has 1 N–H and O–H groups in total. The number of aliphatic carboxylic acids is 1. The number of halogens is 3. The van der Waals surface area contributed by atoms with E-state index in [2.05, 4.69) is 0 Å². The number of hydrogen-bond acceptors (Lipinski definition) is 3. The van der Waals surface area contributed by atoms with Gasteiger partial charge in [-0.1, -0.05) is 31.4 Å². The number of carboxylic acids is 1. The monoisotopic (exact) mass is 399 g/mol. The van der Waals surface area contributed by atoms with E-state index in [4.69, 9.17) is 22.8 Å². The average molecular weight is 400 g/mol. The Morgan fingerprint density at radius 2 is 2.22 bits per heavy atom. The first kappa shape index (κ1) is 21.0. The number of benzene rings is 1. The molecule has 0 aromatic heterocycles. The zero-order valence-electron chi connectivity index (χ0n) is 14.8. The van der Waals surface area contributed by atoms with Crippen LogP contribution in [0.2, 0.25) is 5.02 Å². The molecule has 27 heavy (non-hydrogen) atoms. The molecule has 1 aliphatic carbocycles. The highest BCUT2D eigenvalue weighted by atomic mass is 35.5. The minimum Gasteiger partial charge on any atom is -0.486 e. The molecule has 0 heterocycles. The van der Waals surface area contributed by atoms with Crippen molar-refractivity contribution in [3.63, 3.8) is 0 Å². The molecule has 1 aromatic rings. The molecule has 1 aliphatic rings. The minimum absolute atomic E-state index is 0.00945. The summed E-state index contributed by atoms with van der Waals surface area (Å²) in [6.07, 6.45) is 4.60. The summed E-state index contributed by atoms with van der Waals surface area (Å²) < 4.78 is 29.6. The van der Waals surface area contributed by atoms with Crippen molar-refractivity contribution in [2.45, 2.75) is 44.6 Å². The predicted octanol–water partition coefficient (Wildman–Crippen LogP) is 3.98. The first-order valence-electron chi connectivity index (χ1n) is 8.46. The quantitative estimate of drug-likeness (QED) is 0.735. The zero-order valence-corrected chi connectivity index (χ0v) is 15.5. The van der Waals surface area contributed by atoms with Crippen molar-refractivity contribution < 1.29 is 28.2 Å². The van der Waals surface area contributed by atoms with E-state index in [1.165, 1.54) is 18.2 Å². The van der Waals surface area contributed by atoms with Crippen molar-refractivity contribution in [1.82, 2.24) is 0 Å². The number of anilines is 1. The second-order valence-corrected chi connectivity index (χ2v) is 7.05. The van der Waals surface area contributed by atoms with E-state index < -0.39 is 30.4 Å². The number of nitrogens with zero attached hydrogens (tertiary/aromatic N) is 1. The summed E-state index contributed by atoms with van der Waals surface area (Å²) in [5.41, 5.74) is -1.31. The van der Waals surface area contributed by atoms with E-state index in [0.29, 0.717) is 6.42 Å². The number of carbonyl (C=O) groups is 2. The number of alkyl halides is 2. The maximum atomic E-state index is 12.5. The summed E-state index contributed by atoms with van der Waals surface area (Å²) in [5, 5.41) is 9.93. The number of carbonyl (C=O) groups excluding carboxylic acids is 1. The molecule has 1 saturated carbocycles. The largest absolute Gasteiger partial charge is 0.486 e. The fraction of sp³-hybridized carbons (Fsp3) is 0.474. The molecule has 0 saturated heterocycles. The first-order chi connectivity index (χ1) is 12.7. The topological polar surface area (TPSA) is 66.8 Å². The smallest absolute Gasteiger partial charge is 0.330 e. The Balaban J connectivity index is 2.47. The van der Waals surface area contributed by atoms with Crippen molar-refractivity contribution in [2.75, 3.05) is 11.5 Å². The van der Waals surface area contributed by atoms with E-state index in [1.807, 2.05) is 12.8 Å². The van der Waals surface area contributed by atoms with Crippen LogP contribution in [-0.2, 0) is 9.59 Å². The molecule has 1 amide bonds. The van der Waals surface area contributed by atoms with Crippen LogP contribution in [0.15, 0.2) is 18.2 Å². The molecule has 0 spiro atoms. The van der Waals surface area contributed by atoms with Crippen molar-refractivity contribution in [3.05, 3.63) is 23.2 Å². The summed E-state index contributed by atoms with van der Waals surface area (Å²) >= 11 is 6.09. The van der Waals surface area contributed by atoms with Gasteiger partial charge >= 0.3 is 11.9 Å². The van der Waals surface area contributed by atoms with Crippen molar-refractivity contribution >= 4 is 29.2 Å². The van der Waals surface area contributed by atoms with Gasteiger partial charge in [-0.05, 0) is 42.9 Å². The fourth-order valence-electron chi connectivity index (χ4n) is 3.54. The van der Waals surface area contributed by atoms with Gasteiger partial charge in [0.25, 0.3) is 6.43 Å². The number of hydrogen-bond donors (Lipinski definition) is 1. The normalized spacial score (nSPS) is 22.1. The van der Waals surface area contributed by atoms with Crippen LogP contribution >= 0.6 is 11.6 Å². The Labute approximate surface area is 161 Å². The van der Waals surface area contributed by atoms with Gasteiger partial charge in [0, 0.05) is 5.69 Å². The molecule has 0 radical (unpaired) electrons. The van der Waals surface area contributed by atoms with Crippen molar-refractivity contribution in [2.24, 2.45) is 5.92 Å². The van der Waals surface area contributed by atoms with Gasteiger partial charge in [0.1, 0.15) is 17.9 Å². The lowest BCUT2D eigenvalue weighted by atomic mass is 9.75. The van der Waals surface area contributed by atoms with Crippen molar-refractivity contribution in [3.8, 4) is 18.1 Å². The Bertz CT molecular complexity index is 765. The molecule has 2 atom stereocenters. The molecule has 2 unspecified atom stereocenters. The van der Waals surface area contributed by atoms with E-state index in [9.17, 15) is 23.5 Å². The Morgan fingerprint density at radius 3 is 2.74 bits per heavy atom. The molecule has 0 bridgehead atoms. The Morgan fingerprint density at radius 1 is 1.52 bits per heavy atom. The number of carboxylic acid groups (broad SMARTS) is 1. The highest BCUT2D eigenvalue weighted by Gasteiger charge is 2.49. The zero-order chi connectivity index (χ0) is 20.2. The van der Waals surface area contributed by atoms with E-state index >= 15 is 0 Å². The number of rotatable bonds is 6. The molecular weight excluding hydrogens is 380 g/mol. The van der Waals surface area contributed by atoms with Crippen molar-refractivity contribution in [1.29, 1.82) is 0 Å². The van der Waals surface area contributed by atoms with Gasteiger partial charge in [-0.25, -0.2) is 13.6 Å². The number of ether oxygens (including phenoxy) is 1. The van der Waals surface area contributed by atoms with Gasteiger partial charge in [-0.2, -0.15) is 0 Å². The maximum Gasteiger partial charge on any atom is 0.330 e. The second-order valence-electron chi connectivity index (χ2n) is 6.64. The Hall–Kier alpha value is -2.33.